The van der Waals surface area contributed by atoms with Crippen LogP contribution in [-0.4, -0.2) is 13.1 Å². The molecule has 0 fully saturated rings. The average molecular weight is 469 g/mol. The van der Waals surface area contributed by atoms with Crippen molar-refractivity contribution in [3.8, 4) is 11.3 Å². The van der Waals surface area contributed by atoms with E-state index in [1.165, 1.54) is 13.2 Å². The number of benzene rings is 3. The van der Waals surface area contributed by atoms with Gasteiger partial charge in [0.15, 0.2) is 6.20 Å². The van der Waals surface area contributed by atoms with Crippen molar-refractivity contribution in [2.45, 2.75) is 12.8 Å². The van der Waals surface area contributed by atoms with Crippen LogP contribution in [0.1, 0.15) is 12.0 Å². The zero-order valence-corrected chi connectivity index (χ0v) is 19.5. The molecule has 5 heteroatoms. The minimum absolute atomic E-state index is 0.201. The number of methoxy groups -OCH3 is 1. The first kappa shape index (κ1) is 22.7. The number of hydrogen-bond acceptors (Lipinski definition) is 2. The zero-order chi connectivity index (χ0) is 24.5. The van der Waals surface area contributed by atoms with Crippen molar-refractivity contribution in [1.82, 2.24) is 0 Å². The average Bonchev–Trinajstić information content (AvgIpc) is 3.09. The van der Waals surface area contributed by atoms with Crippen LogP contribution >= 0.6 is 0 Å². The summed E-state index contributed by atoms with van der Waals surface area (Å²) in [5, 5.41) is 4.00. The predicted octanol–water partition coefficient (Wildman–Crippen LogP) is 6.29. The Bertz CT molecular complexity index is 1580. The standard InChI is InChI=1S/C30H24F2NO2/c1-33-15-14-25-23-10-7-6-8-19(23)12-13-26(25)29(33)28-21(17-22(31)18-27(28)32)16-20-9-4-3-5-11-24(20)30(34)35-2/h3-8,10-15,17-18H,9,16H2,1-2H3/q+1. The van der Waals surface area contributed by atoms with Crippen LogP contribution in [0.25, 0.3) is 32.8 Å². The Kier molecular flexibility index (Phi) is 6.00. The van der Waals surface area contributed by atoms with E-state index in [9.17, 15) is 9.18 Å². The van der Waals surface area contributed by atoms with Gasteiger partial charge in [-0.05, 0) is 53.0 Å². The Labute approximate surface area is 202 Å². The van der Waals surface area contributed by atoms with Crippen molar-refractivity contribution >= 4 is 27.5 Å². The molecule has 0 saturated carbocycles. The van der Waals surface area contributed by atoms with E-state index in [-0.39, 0.29) is 6.42 Å². The van der Waals surface area contributed by atoms with Gasteiger partial charge in [-0.15, -0.1) is 0 Å². The molecule has 0 amide bonds. The summed E-state index contributed by atoms with van der Waals surface area (Å²) in [6.45, 7) is 0. The molecule has 0 aliphatic heterocycles. The van der Waals surface area contributed by atoms with Crippen LogP contribution in [0, 0.1) is 11.6 Å². The Hall–Kier alpha value is -4.12. The van der Waals surface area contributed by atoms with Crippen LogP contribution < -0.4 is 4.57 Å². The van der Waals surface area contributed by atoms with Crippen LogP contribution in [0.3, 0.4) is 0 Å². The maximum absolute atomic E-state index is 15.6. The van der Waals surface area contributed by atoms with Crippen LogP contribution in [0.5, 0.6) is 0 Å². The number of pyridine rings is 1. The van der Waals surface area contributed by atoms with Crippen molar-refractivity contribution in [3.05, 3.63) is 113 Å². The van der Waals surface area contributed by atoms with Gasteiger partial charge in [-0.2, -0.15) is 0 Å². The number of rotatable bonds is 4. The van der Waals surface area contributed by atoms with Crippen molar-refractivity contribution < 1.29 is 22.9 Å². The molecule has 0 saturated heterocycles. The summed E-state index contributed by atoms with van der Waals surface area (Å²) in [4.78, 5) is 12.5. The topological polar surface area (TPSA) is 30.2 Å². The van der Waals surface area contributed by atoms with Crippen molar-refractivity contribution in [1.29, 1.82) is 0 Å². The third-order valence-corrected chi connectivity index (χ3v) is 6.48. The molecule has 5 rings (SSSR count). The van der Waals surface area contributed by atoms with E-state index in [4.69, 9.17) is 4.74 Å². The summed E-state index contributed by atoms with van der Waals surface area (Å²) < 4.78 is 36.9. The first-order valence-electron chi connectivity index (χ1n) is 11.4. The Morgan fingerprint density at radius 3 is 2.66 bits per heavy atom. The maximum atomic E-state index is 15.6. The second-order valence-electron chi connectivity index (χ2n) is 8.62. The monoisotopic (exact) mass is 468 g/mol. The molecule has 1 aliphatic carbocycles. The molecule has 0 N–H and O–H groups in total. The number of hydrogen-bond donors (Lipinski definition) is 0. The number of carbonyl (C=O) groups is 1. The number of halogens is 2. The molecule has 3 nitrogen and oxygen atoms in total. The number of aromatic nitrogens is 1. The summed E-state index contributed by atoms with van der Waals surface area (Å²) in [5.41, 5.74) is 2.59. The highest BCUT2D eigenvalue weighted by Gasteiger charge is 2.25. The van der Waals surface area contributed by atoms with E-state index >= 15 is 4.39 Å². The first-order valence-corrected chi connectivity index (χ1v) is 11.4. The number of ether oxygens (including phenoxy) is 1. The second kappa shape index (κ2) is 9.26. The smallest absolute Gasteiger partial charge is 0.337 e. The molecular formula is C30H24F2NO2+. The van der Waals surface area contributed by atoms with Crippen LogP contribution in [0.15, 0.2) is 96.2 Å². The lowest BCUT2D eigenvalue weighted by Crippen LogP contribution is -2.31. The molecule has 1 aliphatic rings. The SMILES string of the molecule is COC(=O)C1=C(Cc2cc(F)cc(F)c2-c2c3ccc4ccccc4c3cc[n+]2C)CC=CC=C1. The van der Waals surface area contributed by atoms with Crippen LogP contribution in [0.2, 0.25) is 0 Å². The van der Waals surface area contributed by atoms with Crippen LogP contribution in [-0.2, 0) is 23.0 Å². The zero-order valence-electron chi connectivity index (χ0n) is 19.5. The Balaban J connectivity index is 1.77. The van der Waals surface area contributed by atoms with Gasteiger partial charge in [-0.25, -0.2) is 18.1 Å². The normalized spacial score (nSPS) is 13.5. The molecule has 35 heavy (non-hydrogen) atoms. The summed E-state index contributed by atoms with van der Waals surface area (Å²) in [5.74, 6) is -1.77. The van der Waals surface area contributed by atoms with Gasteiger partial charge in [-0.3, -0.25) is 0 Å². The van der Waals surface area contributed by atoms with E-state index in [1.807, 2.05) is 72.4 Å². The minimum Gasteiger partial charge on any atom is -0.465 e. The molecule has 174 valence electrons. The number of allylic oxidation sites excluding steroid dienone is 4. The molecule has 0 unspecified atom stereocenters. The van der Waals surface area contributed by atoms with Crippen molar-refractivity contribution in [2.75, 3.05) is 7.11 Å². The molecule has 3 aromatic carbocycles. The third kappa shape index (κ3) is 4.14. The largest absolute Gasteiger partial charge is 0.465 e. The number of aryl methyl sites for hydroxylation is 1. The van der Waals surface area contributed by atoms with Gasteiger partial charge in [0.25, 0.3) is 0 Å². The van der Waals surface area contributed by atoms with Gasteiger partial charge >= 0.3 is 5.97 Å². The first-order chi connectivity index (χ1) is 17.0. The number of fused-ring (bicyclic) bond motifs is 3. The molecule has 0 spiro atoms. The van der Waals surface area contributed by atoms with Crippen molar-refractivity contribution in [2.24, 2.45) is 7.05 Å². The van der Waals surface area contributed by atoms with Crippen LogP contribution in [0.4, 0.5) is 8.78 Å². The van der Waals surface area contributed by atoms with E-state index in [2.05, 4.69) is 0 Å². The Morgan fingerprint density at radius 1 is 1.00 bits per heavy atom. The van der Waals surface area contributed by atoms with Gasteiger partial charge in [0.05, 0.1) is 23.6 Å². The molecule has 4 aromatic rings. The highest BCUT2D eigenvalue weighted by atomic mass is 19.1. The fourth-order valence-corrected chi connectivity index (χ4v) is 4.86. The highest BCUT2D eigenvalue weighted by Crippen LogP contribution is 2.36. The van der Waals surface area contributed by atoms with E-state index < -0.39 is 17.6 Å². The lowest BCUT2D eigenvalue weighted by atomic mass is 9.90. The van der Waals surface area contributed by atoms with E-state index in [0.717, 1.165) is 33.2 Å². The van der Waals surface area contributed by atoms with Gasteiger partial charge in [0.2, 0.25) is 5.69 Å². The second-order valence-corrected chi connectivity index (χ2v) is 8.62. The third-order valence-electron chi connectivity index (χ3n) is 6.48. The summed E-state index contributed by atoms with van der Waals surface area (Å²) >= 11 is 0. The summed E-state index contributed by atoms with van der Waals surface area (Å²) in [7, 11) is 3.18. The maximum Gasteiger partial charge on any atom is 0.337 e. The quantitative estimate of drug-likeness (QED) is 0.200. The summed E-state index contributed by atoms with van der Waals surface area (Å²) in [6, 6.07) is 16.3. The van der Waals surface area contributed by atoms with E-state index in [0.29, 0.717) is 28.8 Å². The molecule has 0 bridgehead atoms. The van der Waals surface area contributed by atoms with Gasteiger partial charge < -0.3 is 4.74 Å². The fraction of sp³-hybridized carbons (Fsp3) is 0.133. The fourth-order valence-electron chi connectivity index (χ4n) is 4.86. The molecule has 0 atom stereocenters. The molecular weight excluding hydrogens is 444 g/mol. The lowest BCUT2D eigenvalue weighted by Gasteiger charge is -2.15. The lowest BCUT2D eigenvalue weighted by molar-refractivity contribution is -0.659. The molecule has 0 radical (unpaired) electrons. The number of esters is 1. The summed E-state index contributed by atoms with van der Waals surface area (Å²) in [6.07, 6.45) is 9.79. The van der Waals surface area contributed by atoms with Crippen molar-refractivity contribution in [3.63, 3.8) is 0 Å². The number of carbonyl (C=O) groups excluding carboxylic acids is 1. The van der Waals surface area contributed by atoms with Gasteiger partial charge in [0, 0.05) is 17.5 Å². The number of nitrogens with zero attached hydrogens (tertiary/aromatic N) is 1. The van der Waals surface area contributed by atoms with Gasteiger partial charge in [0.1, 0.15) is 18.7 Å². The molecule has 1 heterocycles. The predicted molar refractivity (Wildman–Crippen MR) is 134 cm³/mol. The van der Waals surface area contributed by atoms with Gasteiger partial charge in [-0.1, -0.05) is 48.6 Å². The molecule has 1 aromatic heterocycles. The van der Waals surface area contributed by atoms with E-state index in [1.54, 1.807) is 12.2 Å². The minimum atomic E-state index is -0.658. The highest BCUT2D eigenvalue weighted by molar-refractivity contribution is 6.10. The Morgan fingerprint density at radius 2 is 1.83 bits per heavy atom.